The number of hydrogen-bond donors (Lipinski definition) is 0. The number of alkyl halides is 3. The summed E-state index contributed by atoms with van der Waals surface area (Å²) in [5.41, 5.74) is 0.964. The molecular formula is C13H13BF3N3. The molecule has 104 valence electrons. The fourth-order valence-corrected chi connectivity index (χ4v) is 2.39. The van der Waals surface area contributed by atoms with Crippen LogP contribution in [0.25, 0.3) is 0 Å². The maximum Gasteiger partial charge on any atom is 0.433 e. The molecule has 1 aliphatic carbocycles. The molecule has 0 aromatic carbocycles. The minimum absolute atomic E-state index is 0.0153. The highest BCUT2D eigenvalue weighted by Crippen LogP contribution is 2.43. The zero-order chi connectivity index (χ0) is 14.3. The molecule has 0 saturated heterocycles. The topological polar surface area (TPSA) is 30.7 Å². The Morgan fingerprint density at radius 1 is 1.25 bits per heavy atom. The lowest BCUT2D eigenvalue weighted by Gasteiger charge is -2.18. The van der Waals surface area contributed by atoms with Crippen LogP contribution in [0.2, 0.25) is 0 Å². The highest BCUT2D eigenvalue weighted by atomic mass is 19.4. The summed E-state index contributed by atoms with van der Waals surface area (Å²) in [6.45, 7) is 0. The summed E-state index contributed by atoms with van der Waals surface area (Å²) in [6, 6.07) is 2.54. The van der Waals surface area contributed by atoms with Gasteiger partial charge in [0.15, 0.2) is 0 Å². The maximum absolute atomic E-state index is 12.5. The molecule has 1 fully saturated rings. The first-order chi connectivity index (χ1) is 9.45. The fraction of sp³-hybridized carbons (Fsp3) is 0.385. The molecule has 7 heteroatoms. The molecule has 1 saturated carbocycles. The van der Waals surface area contributed by atoms with Crippen molar-refractivity contribution in [1.29, 1.82) is 0 Å². The normalized spacial score (nSPS) is 17.1. The van der Waals surface area contributed by atoms with Crippen LogP contribution < -0.4 is 5.46 Å². The number of rotatable bonds is 3. The van der Waals surface area contributed by atoms with Crippen LogP contribution in [0.3, 0.4) is 0 Å². The van der Waals surface area contributed by atoms with Gasteiger partial charge in [-0.3, -0.25) is 9.67 Å². The summed E-state index contributed by atoms with van der Waals surface area (Å²) in [4.78, 5) is 3.55. The monoisotopic (exact) mass is 279 g/mol. The summed E-state index contributed by atoms with van der Waals surface area (Å²) in [5, 5.41) is 4.29. The number of halogens is 3. The van der Waals surface area contributed by atoms with Crippen molar-refractivity contribution in [1.82, 2.24) is 14.8 Å². The van der Waals surface area contributed by atoms with Gasteiger partial charge in [-0.05, 0) is 30.4 Å². The quantitative estimate of drug-likeness (QED) is 0.798. The van der Waals surface area contributed by atoms with Gasteiger partial charge in [-0.25, -0.2) is 0 Å². The number of hydrogen-bond acceptors (Lipinski definition) is 2. The molecule has 1 atom stereocenters. The molecule has 0 radical (unpaired) electrons. The van der Waals surface area contributed by atoms with Gasteiger partial charge in [-0.15, -0.1) is 0 Å². The lowest BCUT2D eigenvalue weighted by molar-refractivity contribution is -0.141. The standard InChI is InChI=1S/C13H13BF3N3/c14-10-6-19-20(7-10)12(8-1-2-8)9-3-4-11(18-5-9)13(15,16)17/h3-8,12H,1-2,14H2. The van der Waals surface area contributed by atoms with Gasteiger partial charge in [0.2, 0.25) is 0 Å². The smallest absolute Gasteiger partial charge is 0.266 e. The Hall–Kier alpha value is -1.79. The second-order valence-corrected chi connectivity index (χ2v) is 5.25. The Labute approximate surface area is 115 Å². The fourth-order valence-electron chi connectivity index (χ4n) is 2.39. The number of pyridine rings is 1. The van der Waals surface area contributed by atoms with Crippen molar-refractivity contribution in [2.24, 2.45) is 5.92 Å². The summed E-state index contributed by atoms with van der Waals surface area (Å²) in [7, 11) is 1.94. The van der Waals surface area contributed by atoms with Gasteiger partial charge in [-0.1, -0.05) is 11.5 Å². The van der Waals surface area contributed by atoms with E-state index in [1.165, 1.54) is 12.3 Å². The van der Waals surface area contributed by atoms with E-state index in [-0.39, 0.29) is 6.04 Å². The molecule has 3 nitrogen and oxygen atoms in total. The van der Waals surface area contributed by atoms with Gasteiger partial charge in [-0.2, -0.15) is 18.3 Å². The van der Waals surface area contributed by atoms with E-state index >= 15 is 0 Å². The number of nitrogens with zero attached hydrogens (tertiary/aromatic N) is 3. The van der Waals surface area contributed by atoms with E-state index in [1.54, 1.807) is 6.20 Å². The third-order valence-electron chi connectivity index (χ3n) is 3.50. The molecule has 0 bridgehead atoms. The molecule has 3 rings (SSSR count). The molecule has 1 unspecified atom stereocenters. The molecule has 0 spiro atoms. The lowest BCUT2D eigenvalue weighted by atomic mass is 10.0. The van der Waals surface area contributed by atoms with Crippen molar-refractivity contribution < 1.29 is 13.2 Å². The van der Waals surface area contributed by atoms with Gasteiger partial charge < -0.3 is 0 Å². The highest BCUT2D eigenvalue weighted by molar-refractivity contribution is 6.31. The van der Waals surface area contributed by atoms with Crippen molar-refractivity contribution in [3.8, 4) is 0 Å². The highest BCUT2D eigenvalue weighted by Gasteiger charge is 2.36. The average molecular weight is 279 g/mol. The Bertz CT molecular complexity index is 602. The minimum Gasteiger partial charge on any atom is -0.266 e. The van der Waals surface area contributed by atoms with Crippen molar-refractivity contribution >= 4 is 13.3 Å². The van der Waals surface area contributed by atoms with E-state index in [2.05, 4.69) is 10.1 Å². The van der Waals surface area contributed by atoms with E-state index in [4.69, 9.17) is 0 Å². The predicted octanol–water partition coefficient (Wildman–Crippen LogP) is 1.55. The second kappa shape index (κ2) is 4.65. The maximum atomic E-state index is 12.5. The van der Waals surface area contributed by atoms with Crippen LogP contribution in [0, 0.1) is 5.92 Å². The lowest BCUT2D eigenvalue weighted by Crippen LogP contribution is -2.15. The Morgan fingerprint density at radius 2 is 2.00 bits per heavy atom. The molecule has 2 aromatic rings. The van der Waals surface area contributed by atoms with Crippen LogP contribution in [0.1, 0.15) is 30.1 Å². The van der Waals surface area contributed by atoms with E-state index in [9.17, 15) is 13.2 Å². The average Bonchev–Trinajstić information content (AvgIpc) is 3.12. The molecule has 0 aliphatic heterocycles. The van der Waals surface area contributed by atoms with Crippen LogP contribution >= 0.6 is 0 Å². The molecule has 0 N–H and O–H groups in total. The SMILES string of the molecule is Bc1cnn(C(c2ccc(C(F)(F)F)nc2)C2CC2)c1. The van der Waals surface area contributed by atoms with Gasteiger partial charge >= 0.3 is 6.18 Å². The van der Waals surface area contributed by atoms with Crippen LogP contribution in [-0.2, 0) is 6.18 Å². The van der Waals surface area contributed by atoms with Gasteiger partial charge in [0.05, 0.1) is 6.04 Å². The predicted molar refractivity (Wildman–Crippen MR) is 70.5 cm³/mol. The third-order valence-corrected chi connectivity index (χ3v) is 3.50. The van der Waals surface area contributed by atoms with Crippen LogP contribution in [0.15, 0.2) is 30.7 Å². The summed E-state index contributed by atoms with van der Waals surface area (Å²) in [5.74, 6) is 0.438. The molecule has 0 amide bonds. The third kappa shape index (κ3) is 2.57. The summed E-state index contributed by atoms with van der Waals surface area (Å²) in [6.07, 6.45) is 2.75. The largest absolute Gasteiger partial charge is 0.433 e. The molecule has 2 heterocycles. The molecular weight excluding hydrogens is 266 g/mol. The Kier molecular flexibility index (Phi) is 3.07. The van der Waals surface area contributed by atoms with Crippen molar-refractivity contribution in [2.45, 2.75) is 25.1 Å². The first kappa shape index (κ1) is 13.2. The molecule has 20 heavy (non-hydrogen) atoms. The van der Waals surface area contributed by atoms with E-state index in [0.717, 1.165) is 29.9 Å². The van der Waals surface area contributed by atoms with E-state index < -0.39 is 11.9 Å². The van der Waals surface area contributed by atoms with E-state index in [0.29, 0.717) is 5.92 Å². The molecule has 1 aliphatic rings. The minimum atomic E-state index is -4.39. The van der Waals surface area contributed by atoms with Crippen molar-refractivity contribution in [3.05, 3.63) is 42.0 Å². The van der Waals surface area contributed by atoms with Crippen molar-refractivity contribution in [2.75, 3.05) is 0 Å². The van der Waals surface area contributed by atoms with Crippen molar-refractivity contribution in [3.63, 3.8) is 0 Å². The number of aromatic nitrogens is 3. The van der Waals surface area contributed by atoms with Gasteiger partial charge in [0.1, 0.15) is 13.5 Å². The zero-order valence-electron chi connectivity index (χ0n) is 10.9. The van der Waals surface area contributed by atoms with Crippen LogP contribution in [-0.4, -0.2) is 22.6 Å². The van der Waals surface area contributed by atoms with Crippen LogP contribution in [0.5, 0.6) is 0 Å². The second-order valence-electron chi connectivity index (χ2n) is 5.25. The first-order valence-corrected chi connectivity index (χ1v) is 6.49. The van der Waals surface area contributed by atoms with Crippen LogP contribution in [0.4, 0.5) is 13.2 Å². The van der Waals surface area contributed by atoms with E-state index in [1.807, 2.05) is 18.7 Å². The Balaban J connectivity index is 1.92. The van der Waals surface area contributed by atoms with Gasteiger partial charge in [0.25, 0.3) is 0 Å². The summed E-state index contributed by atoms with van der Waals surface area (Å²) >= 11 is 0. The molecule has 2 aromatic heterocycles. The zero-order valence-corrected chi connectivity index (χ0v) is 10.9. The Morgan fingerprint density at radius 3 is 2.45 bits per heavy atom. The first-order valence-electron chi connectivity index (χ1n) is 6.49. The summed E-state index contributed by atoms with van der Waals surface area (Å²) < 4.78 is 39.4. The van der Waals surface area contributed by atoms with Gasteiger partial charge in [0, 0.05) is 18.6 Å².